The Kier molecular flexibility index (Phi) is 8.09. The third kappa shape index (κ3) is 6.68. The molecule has 0 aromatic heterocycles. The summed E-state index contributed by atoms with van der Waals surface area (Å²) in [5.74, 6) is 0.981. The molecule has 0 aliphatic heterocycles. The predicted octanol–water partition coefficient (Wildman–Crippen LogP) is 2.16. The fourth-order valence-corrected chi connectivity index (χ4v) is 2.14. The minimum atomic E-state index is 0.670. The summed E-state index contributed by atoms with van der Waals surface area (Å²) in [6.45, 7) is 3.04. The highest BCUT2D eigenvalue weighted by Gasteiger charge is 1.95. The average Bonchev–Trinajstić information content (AvgIpc) is 2.36. The van der Waals surface area contributed by atoms with Gasteiger partial charge >= 0.3 is 0 Å². The van der Waals surface area contributed by atoms with E-state index in [0.717, 1.165) is 18.9 Å². The lowest BCUT2D eigenvalue weighted by Gasteiger charge is -2.05. The van der Waals surface area contributed by atoms with E-state index in [4.69, 9.17) is 9.47 Å². The Balaban J connectivity index is 2.14. The first-order chi connectivity index (χ1) is 8.36. The van der Waals surface area contributed by atoms with Crippen LogP contribution in [0.25, 0.3) is 0 Å². The van der Waals surface area contributed by atoms with Crippen molar-refractivity contribution >= 4 is 11.8 Å². The van der Waals surface area contributed by atoms with Gasteiger partial charge in [-0.15, -0.1) is 11.8 Å². The van der Waals surface area contributed by atoms with E-state index in [9.17, 15) is 0 Å². The van der Waals surface area contributed by atoms with Crippen LogP contribution in [0.15, 0.2) is 29.2 Å². The summed E-state index contributed by atoms with van der Waals surface area (Å²) in [4.78, 5) is 1.29. The Bertz CT molecular complexity index is 290. The highest BCUT2D eigenvalue weighted by molar-refractivity contribution is 7.99. The molecule has 0 bridgehead atoms. The van der Waals surface area contributed by atoms with Gasteiger partial charge in [-0.3, -0.25) is 0 Å². The zero-order valence-electron chi connectivity index (χ0n) is 10.6. The van der Waals surface area contributed by atoms with Gasteiger partial charge in [0.05, 0.1) is 19.8 Å². The minimum Gasteiger partial charge on any atom is -0.382 e. The van der Waals surface area contributed by atoms with Crippen LogP contribution in [0.4, 0.5) is 0 Å². The summed E-state index contributed by atoms with van der Waals surface area (Å²) < 4.78 is 10.3. The lowest BCUT2D eigenvalue weighted by atomic mass is 10.2. The molecule has 4 heteroatoms. The molecule has 0 atom stereocenters. The van der Waals surface area contributed by atoms with Crippen LogP contribution < -0.4 is 5.32 Å². The van der Waals surface area contributed by atoms with Crippen LogP contribution in [0.5, 0.6) is 0 Å². The summed E-state index contributed by atoms with van der Waals surface area (Å²) in [6, 6.07) is 8.63. The molecule has 1 aromatic carbocycles. The van der Waals surface area contributed by atoms with Gasteiger partial charge in [-0.2, -0.15) is 0 Å². The fourth-order valence-electron chi connectivity index (χ4n) is 1.37. The lowest BCUT2D eigenvalue weighted by Crippen LogP contribution is -2.05. The Morgan fingerprint density at radius 3 is 2.53 bits per heavy atom. The van der Waals surface area contributed by atoms with Gasteiger partial charge < -0.3 is 14.8 Å². The second-order valence-corrected chi connectivity index (χ2v) is 4.80. The van der Waals surface area contributed by atoms with Crippen molar-refractivity contribution in [3.63, 3.8) is 0 Å². The molecule has 0 amide bonds. The van der Waals surface area contributed by atoms with E-state index in [0.29, 0.717) is 13.2 Å². The van der Waals surface area contributed by atoms with Gasteiger partial charge in [0, 0.05) is 24.3 Å². The van der Waals surface area contributed by atoms with Crippen LogP contribution in [-0.2, 0) is 16.0 Å². The zero-order valence-corrected chi connectivity index (χ0v) is 11.4. The molecule has 3 nitrogen and oxygen atoms in total. The quantitative estimate of drug-likeness (QED) is 0.541. The Morgan fingerprint density at radius 1 is 1.12 bits per heavy atom. The van der Waals surface area contributed by atoms with Crippen molar-refractivity contribution in [2.45, 2.75) is 11.4 Å². The van der Waals surface area contributed by atoms with E-state index in [2.05, 4.69) is 29.6 Å². The van der Waals surface area contributed by atoms with Crippen molar-refractivity contribution in [1.29, 1.82) is 0 Å². The van der Waals surface area contributed by atoms with Crippen LogP contribution >= 0.6 is 11.8 Å². The zero-order chi connectivity index (χ0) is 12.3. The van der Waals surface area contributed by atoms with Crippen LogP contribution in [0.2, 0.25) is 0 Å². The van der Waals surface area contributed by atoms with Gasteiger partial charge in [-0.25, -0.2) is 0 Å². The van der Waals surface area contributed by atoms with Gasteiger partial charge in [-0.05, 0) is 24.7 Å². The smallest absolute Gasteiger partial charge is 0.0700 e. The number of benzene rings is 1. The monoisotopic (exact) mass is 255 g/mol. The lowest BCUT2D eigenvalue weighted by molar-refractivity contribution is 0.0790. The van der Waals surface area contributed by atoms with Gasteiger partial charge in [0.25, 0.3) is 0 Å². The van der Waals surface area contributed by atoms with Gasteiger partial charge in [-0.1, -0.05) is 12.1 Å². The molecule has 0 aliphatic rings. The Hall–Kier alpha value is -0.550. The Morgan fingerprint density at radius 2 is 1.88 bits per heavy atom. The van der Waals surface area contributed by atoms with Gasteiger partial charge in [0.2, 0.25) is 0 Å². The van der Waals surface area contributed by atoms with E-state index in [1.165, 1.54) is 10.5 Å². The van der Waals surface area contributed by atoms with Crippen LogP contribution in [0, 0.1) is 0 Å². The first kappa shape index (κ1) is 14.5. The summed E-state index contributed by atoms with van der Waals surface area (Å²) in [5, 5.41) is 3.14. The fraction of sp³-hybridized carbons (Fsp3) is 0.538. The van der Waals surface area contributed by atoms with E-state index in [1.54, 1.807) is 7.11 Å². The van der Waals surface area contributed by atoms with Crippen molar-refractivity contribution in [2.75, 3.05) is 39.7 Å². The molecule has 0 unspecified atom stereocenters. The normalized spacial score (nSPS) is 10.7. The van der Waals surface area contributed by atoms with Gasteiger partial charge in [0.1, 0.15) is 0 Å². The summed E-state index contributed by atoms with van der Waals surface area (Å²) in [6.07, 6.45) is 0. The molecule has 1 rings (SSSR count). The number of rotatable bonds is 9. The molecule has 0 saturated heterocycles. The molecule has 0 aliphatic carbocycles. The number of hydrogen-bond acceptors (Lipinski definition) is 4. The molecule has 96 valence electrons. The van der Waals surface area contributed by atoms with E-state index < -0.39 is 0 Å². The van der Waals surface area contributed by atoms with Crippen LogP contribution in [-0.4, -0.2) is 39.7 Å². The molecular formula is C13H21NO2S. The summed E-state index contributed by atoms with van der Waals surface area (Å²) in [7, 11) is 3.64. The maximum atomic E-state index is 5.40. The summed E-state index contributed by atoms with van der Waals surface area (Å²) in [5.41, 5.74) is 1.31. The third-order valence-electron chi connectivity index (χ3n) is 2.23. The van der Waals surface area contributed by atoms with Crippen LogP contribution in [0.3, 0.4) is 0 Å². The summed E-state index contributed by atoms with van der Waals surface area (Å²) >= 11 is 1.82. The largest absolute Gasteiger partial charge is 0.382 e. The topological polar surface area (TPSA) is 30.5 Å². The number of methoxy groups -OCH3 is 1. The maximum Gasteiger partial charge on any atom is 0.0700 e. The van der Waals surface area contributed by atoms with E-state index in [1.807, 2.05) is 18.8 Å². The van der Waals surface area contributed by atoms with Crippen molar-refractivity contribution in [3.8, 4) is 0 Å². The molecular weight excluding hydrogens is 234 g/mol. The predicted molar refractivity (Wildman–Crippen MR) is 72.6 cm³/mol. The van der Waals surface area contributed by atoms with Crippen molar-refractivity contribution in [3.05, 3.63) is 29.8 Å². The number of nitrogens with one attached hydrogen (secondary N) is 1. The minimum absolute atomic E-state index is 0.670. The SMILES string of the molecule is CNCc1ccc(SCCOCCOC)cc1. The number of ether oxygens (including phenoxy) is 2. The first-order valence-electron chi connectivity index (χ1n) is 5.80. The molecule has 1 N–H and O–H groups in total. The molecule has 1 aromatic rings. The molecule has 0 heterocycles. The molecule has 0 radical (unpaired) electrons. The molecule has 17 heavy (non-hydrogen) atoms. The second-order valence-electron chi connectivity index (χ2n) is 3.63. The van der Waals surface area contributed by atoms with E-state index in [-0.39, 0.29) is 0 Å². The molecule has 0 fully saturated rings. The van der Waals surface area contributed by atoms with Crippen molar-refractivity contribution in [2.24, 2.45) is 0 Å². The maximum absolute atomic E-state index is 5.40. The molecule has 0 saturated carbocycles. The standard InChI is InChI=1S/C13H21NO2S/c1-14-11-12-3-5-13(6-4-12)17-10-9-16-8-7-15-2/h3-6,14H,7-11H2,1-2H3. The van der Waals surface area contributed by atoms with E-state index >= 15 is 0 Å². The average molecular weight is 255 g/mol. The van der Waals surface area contributed by atoms with Crippen LogP contribution in [0.1, 0.15) is 5.56 Å². The third-order valence-corrected chi connectivity index (χ3v) is 3.21. The highest BCUT2D eigenvalue weighted by Crippen LogP contribution is 2.18. The van der Waals surface area contributed by atoms with Gasteiger partial charge in [0.15, 0.2) is 0 Å². The highest BCUT2D eigenvalue weighted by atomic mass is 32.2. The van der Waals surface area contributed by atoms with Crippen molar-refractivity contribution in [1.82, 2.24) is 5.32 Å². The first-order valence-corrected chi connectivity index (χ1v) is 6.78. The Labute approximate surface area is 108 Å². The van der Waals surface area contributed by atoms with Crippen molar-refractivity contribution < 1.29 is 9.47 Å². The molecule has 0 spiro atoms. The number of thioether (sulfide) groups is 1. The number of hydrogen-bond donors (Lipinski definition) is 1. The second kappa shape index (κ2) is 9.48.